The summed E-state index contributed by atoms with van der Waals surface area (Å²) in [6.07, 6.45) is 3.41. The minimum absolute atomic E-state index is 0.0511. The van der Waals surface area contributed by atoms with Gasteiger partial charge in [0.1, 0.15) is 5.82 Å². The Balaban J connectivity index is 1.36. The van der Waals surface area contributed by atoms with E-state index >= 15 is 0 Å². The van der Waals surface area contributed by atoms with Crippen molar-refractivity contribution in [2.75, 3.05) is 70.9 Å². The first-order chi connectivity index (χ1) is 15.6. The van der Waals surface area contributed by atoms with Gasteiger partial charge in [-0.05, 0) is 43.8 Å². The first-order valence-electron chi connectivity index (χ1n) is 11.4. The molecule has 1 amide bonds. The fourth-order valence-corrected chi connectivity index (χ4v) is 4.04. The number of likely N-dealkylation sites (N-methyl/N-ethyl adjacent to an activating group) is 1. The van der Waals surface area contributed by atoms with E-state index in [4.69, 9.17) is 9.41 Å². The summed E-state index contributed by atoms with van der Waals surface area (Å²) < 4.78 is 5.26. The minimum Gasteiger partial charge on any atom is -0.459 e. The van der Waals surface area contributed by atoms with E-state index in [1.54, 1.807) is 12.1 Å². The van der Waals surface area contributed by atoms with Crippen molar-refractivity contribution < 1.29 is 9.21 Å². The molecule has 2 aromatic rings. The molecule has 2 fully saturated rings. The van der Waals surface area contributed by atoms with E-state index in [1.807, 2.05) is 17.2 Å². The van der Waals surface area contributed by atoms with Crippen LogP contribution in [0.2, 0.25) is 0 Å². The molecular formula is C23H33N7O2. The second kappa shape index (κ2) is 10.5. The van der Waals surface area contributed by atoms with Crippen molar-refractivity contribution in [1.82, 2.24) is 25.0 Å². The average Bonchev–Trinajstić information content (AvgIpc) is 3.37. The molecule has 4 heterocycles. The van der Waals surface area contributed by atoms with E-state index < -0.39 is 0 Å². The minimum atomic E-state index is -0.0511. The third kappa shape index (κ3) is 5.40. The van der Waals surface area contributed by atoms with Gasteiger partial charge in [-0.1, -0.05) is 0 Å². The summed E-state index contributed by atoms with van der Waals surface area (Å²) in [4.78, 5) is 30.7. The second-order valence-corrected chi connectivity index (χ2v) is 8.24. The quantitative estimate of drug-likeness (QED) is 0.556. The van der Waals surface area contributed by atoms with Crippen LogP contribution >= 0.6 is 0 Å². The molecule has 2 aromatic heterocycles. The lowest BCUT2D eigenvalue weighted by molar-refractivity contribution is 0.0657. The SMILES string of the molecule is CCNC(=NCc1ccnc(N2CCN(C)CC2)c1)N1CCN(C(=O)c2ccco2)CC1. The van der Waals surface area contributed by atoms with Crippen LogP contribution in [-0.2, 0) is 6.54 Å². The van der Waals surface area contributed by atoms with Crippen LogP contribution in [0.15, 0.2) is 46.1 Å². The van der Waals surface area contributed by atoms with Gasteiger partial charge in [-0.2, -0.15) is 0 Å². The van der Waals surface area contributed by atoms with Gasteiger partial charge in [0.2, 0.25) is 0 Å². The van der Waals surface area contributed by atoms with Crippen molar-refractivity contribution in [1.29, 1.82) is 0 Å². The predicted octanol–water partition coefficient (Wildman–Crippen LogP) is 1.35. The molecule has 0 aromatic carbocycles. The van der Waals surface area contributed by atoms with Gasteiger partial charge in [0.25, 0.3) is 5.91 Å². The monoisotopic (exact) mass is 439 g/mol. The Morgan fingerprint density at radius 1 is 1.09 bits per heavy atom. The number of pyridine rings is 1. The maximum absolute atomic E-state index is 12.5. The number of carbonyl (C=O) groups excluding carboxylic acids is 1. The number of anilines is 1. The van der Waals surface area contributed by atoms with Crippen LogP contribution in [0.4, 0.5) is 5.82 Å². The highest BCUT2D eigenvalue weighted by Gasteiger charge is 2.25. The van der Waals surface area contributed by atoms with Crippen LogP contribution in [0, 0.1) is 0 Å². The van der Waals surface area contributed by atoms with Gasteiger partial charge < -0.3 is 29.3 Å². The maximum atomic E-state index is 12.5. The number of rotatable bonds is 5. The van der Waals surface area contributed by atoms with E-state index in [2.05, 4.69) is 45.0 Å². The number of aliphatic imine (C=N–C) groups is 1. The van der Waals surface area contributed by atoms with E-state index in [1.165, 1.54) is 6.26 Å². The summed E-state index contributed by atoms with van der Waals surface area (Å²) in [6.45, 7) is 10.3. The zero-order chi connectivity index (χ0) is 22.3. The molecule has 1 N–H and O–H groups in total. The number of guanidine groups is 1. The summed E-state index contributed by atoms with van der Waals surface area (Å²) in [5.41, 5.74) is 1.15. The summed E-state index contributed by atoms with van der Waals surface area (Å²) in [6, 6.07) is 7.64. The Morgan fingerprint density at radius 3 is 2.53 bits per heavy atom. The van der Waals surface area contributed by atoms with Gasteiger partial charge in [-0.25, -0.2) is 9.98 Å². The molecule has 0 spiro atoms. The number of hydrogen-bond acceptors (Lipinski definition) is 6. The van der Waals surface area contributed by atoms with Crippen molar-refractivity contribution in [3.8, 4) is 0 Å². The van der Waals surface area contributed by atoms with Crippen molar-refractivity contribution in [2.24, 2.45) is 4.99 Å². The number of carbonyl (C=O) groups is 1. The summed E-state index contributed by atoms with van der Waals surface area (Å²) in [7, 11) is 2.16. The fourth-order valence-electron chi connectivity index (χ4n) is 4.04. The number of nitrogens with one attached hydrogen (secondary N) is 1. The summed E-state index contributed by atoms with van der Waals surface area (Å²) >= 11 is 0. The Bertz CT molecular complexity index is 899. The van der Waals surface area contributed by atoms with Crippen molar-refractivity contribution in [3.63, 3.8) is 0 Å². The highest BCUT2D eigenvalue weighted by molar-refractivity contribution is 5.91. The third-order valence-corrected chi connectivity index (χ3v) is 5.98. The molecule has 0 unspecified atom stereocenters. The van der Waals surface area contributed by atoms with E-state index in [0.717, 1.165) is 63.2 Å². The first-order valence-corrected chi connectivity index (χ1v) is 11.4. The first kappa shape index (κ1) is 22.1. The van der Waals surface area contributed by atoms with Crippen LogP contribution < -0.4 is 10.2 Å². The molecule has 0 aliphatic carbocycles. The Kier molecular flexibility index (Phi) is 7.26. The maximum Gasteiger partial charge on any atom is 0.289 e. The number of aromatic nitrogens is 1. The van der Waals surface area contributed by atoms with E-state index in [9.17, 15) is 4.79 Å². The molecule has 2 aliphatic rings. The standard InChI is InChI=1S/C23H33N7O2/c1-3-24-23(30-14-12-29(13-15-30)22(31)20-5-4-16-32-20)26-18-19-6-7-25-21(17-19)28-10-8-27(2)9-11-28/h4-7,16-17H,3,8-15,18H2,1-2H3,(H,24,26). The number of furan rings is 1. The van der Waals surface area contributed by atoms with Crippen LogP contribution in [0.25, 0.3) is 0 Å². The lowest BCUT2D eigenvalue weighted by atomic mass is 10.2. The lowest BCUT2D eigenvalue weighted by Gasteiger charge is -2.36. The molecule has 2 saturated heterocycles. The highest BCUT2D eigenvalue weighted by atomic mass is 16.3. The molecule has 172 valence electrons. The van der Waals surface area contributed by atoms with Gasteiger partial charge in [-0.15, -0.1) is 0 Å². The Morgan fingerprint density at radius 2 is 1.84 bits per heavy atom. The van der Waals surface area contributed by atoms with Gasteiger partial charge in [0, 0.05) is 65.1 Å². The number of amides is 1. The topological polar surface area (TPSA) is 80.5 Å². The largest absolute Gasteiger partial charge is 0.459 e. The molecule has 9 nitrogen and oxygen atoms in total. The molecule has 0 atom stereocenters. The molecule has 32 heavy (non-hydrogen) atoms. The third-order valence-electron chi connectivity index (χ3n) is 5.98. The van der Waals surface area contributed by atoms with Crippen molar-refractivity contribution >= 4 is 17.7 Å². The Labute approximate surface area is 189 Å². The molecule has 2 aliphatic heterocycles. The zero-order valence-corrected chi connectivity index (χ0v) is 19.0. The van der Waals surface area contributed by atoms with Gasteiger partial charge >= 0.3 is 0 Å². The van der Waals surface area contributed by atoms with Gasteiger partial charge in [-0.3, -0.25) is 4.79 Å². The lowest BCUT2D eigenvalue weighted by Crippen LogP contribution is -2.53. The van der Waals surface area contributed by atoms with Crippen LogP contribution in [0.5, 0.6) is 0 Å². The van der Waals surface area contributed by atoms with E-state index in [-0.39, 0.29) is 5.91 Å². The normalized spacial score (nSPS) is 18.2. The summed E-state index contributed by atoms with van der Waals surface area (Å²) in [5.74, 6) is 2.26. The van der Waals surface area contributed by atoms with Crippen LogP contribution in [-0.4, -0.2) is 97.5 Å². The smallest absolute Gasteiger partial charge is 0.289 e. The molecule has 0 saturated carbocycles. The second-order valence-electron chi connectivity index (χ2n) is 8.24. The van der Waals surface area contributed by atoms with Gasteiger partial charge in [0.15, 0.2) is 11.7 Å². The van der Waals surface area contributed by atoms with Gasteiger partial charge in [0.05, 0.1) is 12.8 Å². The average molecular weight is 440 g/mol. The molecule has 9 heteroatoms. The fraction of sp³-hybridized carbons (Fsp3) is 0.522. The summed E-state index contributed by atoms with van der Waals surface area (Å²) in [5, 5.41) is 3.40. The zero-order valence-electron chi connectivity index (χ0n) is 19.0. The number of hydrogen-bond donors (Lipinski definition) is 1. The molecule has 4 rings (SSSR count). The van der Waals surface area contributed by atoms with Crippen LogP contribution in [0.3, 0.4) is 0 Å². The molecule has 0 bridgehead atoms. The molecule has 0 radical (unpaired) electrons. The molecular weight excluding hydrogens is 406 g/mol. The number of piperazine rings is 2. The predicted molar refractivity (Wildman–Crippen MR) is 125 cm³/mol. The Hall–Kier alpha value is -3.07. The van der Waals surface area contributed by atoms with E-state index in [0.29, 0.717) is 25.4 Å². The van der Waals surface area contributed by atoms with Crippen molar-refractivity contribution in [3.05, 3.63) is 48.0 Å². The van der Waals surface area contributed by atoms with Crippen LogP contribution in [0.1, 0.15) is 23.0 Å². The highest BCUT2D eigenvalue weighted by Crippen LogP contribution is 2.16. The number of nitrogens with zero attached hydrogens (tertiary/aromatic N) is 6. The van der Waals surface area contributed by atoms with Crippen molar-refractivity contribution in [2.45, 2.75) is 13.5 Å².